The first kappa shape index (κ1) is 25.6. The highest BCUT2D eigenvalue weighted by Gasteiger charge is 2.26. The number of hydrogen-bond acceptors (Lipinski definition) is 8. The number of hydroxylamine groups is 1. The van der Waals surface area contributed by atoms with E-state index in [2.05, 4.69) is 14.9 Å². The number of rotatable bonds is 6. The lowest BCUT2D eigenvalue weighted by atomic mass is 9.99. The number of morpholine rings is 1. The van der Waals surface area contributed by atoms with Crippen molar-refractivity contribution in [1.82, 2.24) is 10.0 Å². The van der Waals surface area contributed by atoms with Gasteiger partial charge in [-0.3, -0.25) is 14.4 Å². The highest BCUT2D eigenvalue weighted by atomic mass is 16.7. The van der Waals surface area contributed by atoms with E-state index in [1.165, 1.54) is 6.92 Å². The number of nitrogens with zero attached hydrogens (tertiary/aromatic N) is 2. The third-order valence-electron chi connectivity index (χ3n) is 7.38. The summed E-state index contributed by atoms with van der Waals surface area (Å²) in [5.41, 5.74) is 6.99. The number of nitrogens with one attached hydrogen (secondary N) is 1. The van der Waals surface area contributed by atoms with Gasteiger partial charge >= 0.3 is 5.97 Å². The maximum atomic E-state index is 13.6. The van der Waals surface area contributed by atoms with E-state index in [4.69, 9.17) is 14.3 Å². The standard InChI is InChI=1S/C31H29N3O6/c1-3-34-26-10-6-21(29(36)20-4-7-22(8-5-20)33-13-16-38-17-14-33)18-24(26)28-27(34)11-9-23-30(37)25(32-40-19(2)35)12-15-39-31(23)28/h4-12,18,32H,3,13-17H2,1-2H3. The Morgan fingerprint density at radius 2 is 1.70 bits per heavy atom. The quantitative estimate of drug-likeness (QED) is 0.284. The number of allylic oxidation sites excluding steroid dienone is 1. The minimum absolute atomic E-state index is 0.0821. The van der Waals surface area contributed by atoms with Crippen molar-refractivity contribution < 1.29 is 28.7 Å². The van der Waals surface area contributed by atoms with E-state index in [-0.39, 0.29) is 23.9 Å². The Balaban J connectivity index is 1.40. The monoisotopic (exact) mass is 539 g/mol. The molecule has 40 heavy (non-hydrogen) atoms. The number of carbonyl (C=O) groups is 3. The smallest absolute Gasteiger partial charge is 0.329 e. The van der Waals surface area contributed by atoms with Crippen LogP contribution >= 0.6 is 0 Å². The van der Waals surface area contributed by atoms with Gasteiger partial charge in [0, 0.05) is 54.3 Å². The molecule has 0 saturated carbocycles. The summed E-state index contributed by atoms with van der Waals surface area (Å²) in [6.07, 6.45) is 1.55. The van der Waals surface area contributed by atoms with E-state index in [1.807, 2.05) is 55.5 Å². The van der Waals surface area contributed by atoms with Crippen LogP contribution in [-0.2, 0) is 20.9 Å². The van der Waals surface area contributed by atoms with E-state index in [9.17, 15) is 14.4 Å². The van der Waals surface area contributed by atoms with Gasteiger partial charge < -0.3 is 23.8 Å². The fourth-order valence-corrected chi connectivity index (χ4v) is 5.44. The van der Waals surface area contributed by atoms with Crippen LogP contribution in [0.2, 0.25) is 0 Å². The van der Waals surface area contributed by atoms with Gasteiger partial charge in [-0.15, -0.1) is 0 Å². The third-order valence-corrected chi connectivity index (χ3v) is 7.38. The number of fused-ring (bicyclic) bond motifs is 5. The summed E-state index contributed by atoms with van der Waals surface area (Å²) < 4.78 is 13.7. The molecule has 0 unspecified atom stereocenters. The third kappa shape index (κ3) is 4.48. The molecule has 1 saturated heterocycles. The van der Waals surface area contributed by atoms with Crippen LogP contribution in [0, 0.1) is 0 Å². The number of aryl methyl sites for hydroxylation is 1. The van der Waals surface area contributed by atoms with Crippen molar-refractivity contribution in [2.45, 2.75) is 20.4 Å². The largest absolute Gasteiger partial charge is 0.488 e. The van der Waals surface area contributed by atoms with Gasteiger partial charge in [-0.05, 0) is 67.6 Å². The average Bonchev–Trinajstić information content (AvgIpc) is 3.22. The number of carbonyl (C=O) groups excluding carboxylic acids is 3. The molecule has 1 N–H and O–H groups in total. The van der Waals surface area contributed by atoms with Crippen LogP contribution < -0.4 is 15.1 Å². The second kappa shape index (κ2) is 10.5. The van der Waals surface area contributed by atoms with Gasteiger partial charge in [0.2, 0.25) is 5.78 Å². The van der Waals surface area contributed by atoms with Crippen LogP contribution in [0.4, 0.5) is 5.69 Å². The van der Waals surface area contributed by atoms with Crippen LogP contribution in [0.3, 0.4) is 0 Å². The predicted molar refractivity (Wildman–Crippen MR) is 151 cm³/mol. The number of aromatic nitrogens is 1. The van der Waals surface area contributed by atoms with E-state index < -0.39 is 5.97 Å². The van der Waals surface area contributed by atoms with Crippen LogP contribution in [-0.4, -0.2) is 55.0 Å². The van der Waals surface area contributed by atoms with E-state index >= 15 is 0 Å². The normalized spacial score (nSPS) is 15.3. The second-order valence-electron chi connectivity index (χ2n) is 9.74. The summed E-state index contributed by atoms with van der Waals surface area (Å²) in [6.45, 7) is 7.16. The van der Waals surface area contributed by atoms with Crippen LogP contribution in [0.25, 0.3) is 21.8 Å². The van der Waals surface area contributed by atoms with Crippen molar-refractivity contribution >= 4 is 45.0 Å². The molecule has 3 aromatic carbocycles. The minimum Gasteiger partial charge on any atom is -0.488 e. The van der Waals surface area contributed by atoms with Crippen molar-refractivity contribution in [2.24, 2.45) is 0 Å². The second-order valence-corrected chi connectivity index (χ2v) is 9.74. The molecule has 204 valence electrons. The number of anilines is 1. The number of benzene rings is 3. The molecule has 0 aliphatic carbocycles. The molecule has 0 amide bonds. The number of ether oxygens (including phenoxy) is 2. The first-order valence-corrected chi connectivity index (χ1v) is 13.3. The molecular formula is C31H29N3O6. The SMILES string of the molecule is CCn1c2ccc(C(=O)c3ccc(N4CCOCC4)cc3)cc2c2c3c(ccc21)C(=O)C(NOC(C)=O)=CCO3. The molecule has 0 spiro atoms. The Labute approximate surface area is 230 Å². The Morgan fingerprint density at radius 3 is 2.42 bits per heavy atom. The first-order valence-electron chi connectivity index (χ1n) is 13.3. The van der Waals surface area contributed by atoms with E-state index in [0.717, 1.165) is 40.6 Å². The molecule has 1 fully saturated rings. The summed E-state index contributed by atoms with van der Waals surface area (Å²) in [7, 11) is 0. The number of ketones is 2. The highest BCUT2D eigenvalue weighted by molar-refractivity contribution is 6.20. The fraction of sp³-hybridized carbons (Fsp3) is 0.258. The van der Waals surface area contributed by atoms with Gasteiger partial charge in [0.05, 0.1) is 29.7 Å². The molecule has 0 bridgehead atoms. The zero-order chi connectivity index (χ0) is 27.8. The van der Waals surface area contributed by atoms with Gasteiger partial charge in [0.25, 0.3) is 0 Å². The Bertz CT molecular complexity index is 1680. The fourth-order valence-electron chi connectivity index (χ4n) is 5.44. The maximum Gasteiger partial charge on any atom is 0.329 e. The zero-order valence-electron chi connectivity index (χ0n) is 22.4. The Kier molecular flexibility index (Phi) is 6.73. The maximum absolute atomic E-state index is 13.6. The molecule has 6 rings (SSSR count). The molecule has 2 aliphatic heterocycles. The van der Waals surface area contributed by atoms with Crippen molar-refractivity contribution in [2.75, 3.05) is 37.8 Å². The summed E-state index contributed by atoms with van der Waals surface area (Å²) in [5.74, 6) is -0.550. The molecule has 0 atom stereocenters. The topological polar surface area (TPSA) is 99.1 Å². The lowest BCUT2D eigenvalue weighted by Crippen LogP contribution is -2.36. The van der Waals surface area contributed by atoms with Crippen molar-refractivity contribution in [3.05, 3.63) is 83.1 Å². The Hall–Kier alpha value is -4.63. The molecule has 9 nitrogen and oxygen atoms in total. The molecule has 3 heterocycles. The summed E-state index contributed by atoms with van der Waals surface area (Å²) in [4.78, 5) is 45.3. The van der Waals surface area contributed by atoms with Gasteiger partial charge in [0.15, 0.2) is 5.78 Å². The lowest BCUT2D eigenvalue weighted by molar-refractivity contribution is -0.146. The first-order chi connectivity index (χ1) is 19.5. The number of Topliss-reactive ketones (excluding diaryl/α,β-unsaturated/α-hetero) is 1. The van der Waals surface area contributed by atoms with Gasteiger partial charge in [-0.2, -0.15) is 0 Å². The zero-order valence-corrected chi connectivity index (χ0v) is 22.4. The Morgan fingerprint density at radius 1 is 0.975 bits per heavy atom. The van der Waals surface area contributed by atoms with Crippen LogP contribution in [0.5, 0.6) is 5.75 Å². The molecule has 2 aliphatic rings. The van der Waals surface area contributed by atoms with Crippen LogP contribution in [0.1, 0.15) is 40.1 Å². The summed E-state index contributed by atoms with van der Waals surface area (Å²) in [5, 5.41) is 1.59. The van der Waals surface area contributed by atoms with Crippen LogP contribution in [0.15, 0.2) is 66.4 Å². The molecular weight excluding hydrogens is 510 g/mol. The summed E-state index contributed by atoms with van der Waals surface area (Å²) >= 11 is 0. The molecule has 9 heteroatoms. The minimum atomic E-state index is -0.562. The van der Waals surface area contributed by atoms with Gasteiger partial charge in [-0.1, -0.05) is 0 Å². The van der Waals surface area contributed by atoms with E-state index in [0.29, 0.717) is 42.2 Å². The molecule has 1 aromatic heterocycles. The van der Waals surface area contributed by atoms with Crippen molar-refractivity contribution in [3.63, 3.8) is 0 Å². The number of hydrogen-bond donors (Lipinski definition) is 1. The lowest BCUT2D eigenvalue weighted by Gasteiger charge is -2.28. The van der Waals surface area contributed by atoms with Gasteiger partial charge in [0.1, 0.15) is 18.1 Å². The van der Waals surface area contributed by atoms with Gasteiger partial charge in [-0.25, -0.2) is 5.48 Å². The highest BCUT2D eigenvalue weighted by Crippen LogP contribution is 2.40. The average molecular weight is 540 g/mol. The molecule has 0 radical (unpaired) electrons. The van der Waals surface area contributed by atoms with Crippen molar-refractivity contribution in [3.8, 4) is 5.75 Å². The predicted octanol–water partition coefficient (Wildman–Crippen LogP) is 4.41. The molecule has 4 aromatic rings. The van der Waals surface area contributed by atoms with Crippen molar-refractivity contribution in [1.29, 1.82) is 0 Å². The van der Waals surface area contributed by atoms with E-state index in [1.54, 1.807) is 12.1 Å². The summed E-state index contributed by atoms with van der Waals surface area (Å²) in [6, 6.07) is 17.0.